The summed E-state index contributed by atoms with van der Waals surface area (Å²) in [5.74, 6) is -3.26. The Labute approximate surface area is 204 Å². The SMILES string of the molecule is NC(=O)OCC1C(NC(=O)/C(=N\OC(O)C2=CC(=O)C(O)C=N2)c2csc(N)n2)C(=O)N1S(=O)(=O)O. The van der Waals surface area contributed by atoms with Gasteiger partial charge >= 0.3 is 16.4 Å². The van der Waals surface area contributed by atoms with Gasteiger partial charge in [-0.25, -0.2) is 14.1 Å². The molecule has 0 bridgehead atoms. The highest BCUT2D eigenvalue weighted by molar-refractivity contribution is 7.84. The van der Waals surface area contributed by atoms with Crippen LogP contribution in [-0.2, 0) is 34.3 Å². The molecule has 1 aromatic heterocycles. The van der Waals surface area contributed by atoms with Crippen molar-refractivity contribution in [2.24, 2.45) is 15.9 Å². The van der Waals surface area contributed by atoms with E-state index in [0.29, 0.717) is 0 Å². The molecule has 3 heterocycles. The minimum atomic E-state index is -5.07. The molecule has 2 aliphatic rings. The second-order valence-electron chi connectivity index (χ2n) is 6.92. The third kappa shape index (κ3) is 5.80. The molecule has 0 aromatic carbocycles. The van der Waals surface area contributed by atoms with Crippen LogP contribution in [0.3, 0.4) is 0 Å². The molecule has 0 spiro atoms. The summed E-state index contributed by atoms with van der Waals surface area (Å²) in [5, 5.41) is 26.3. The number of nitrogens with zero attached hydrogens (tertiary/aromatic N) is 4. The van der Waals surface area contributed by atoms with Crippen molar-refractivity contribution in [3.63, 3.8) is 0 Å². The maximum atomic E-state index is 12.9. The predicted molar refractivity (Wildman–Crippen MR) is 117 cm³/mol. The third-order valence-corrected chi connectivity index (χ3v) is 6.15. The molecule has 1 saturated heterocycles. The summed E-state index contributed by atoms with van der Waals surface area (Å²) < 4.78 is 36.6. The molecule has 18 nitrogen and oxygen atoms in total. The van der Waals surface area contributed by atoms with E-state index in [1.165, 1.54) is 5.38 Å². The molecule has 1 fully saturated rings. The average molecular weight is 547 g/mol. The molecule has 4 atom stereocenters. The van der Waals surface area contributed by atoms with Gasteiger partial charge in [0.2, 0.25) is 0 Å². The zero-order chi connectivity index (χ0) is 26.8. The van der Waals surface area contributed by atoms with Crippen LogP contribution in [0, 0.1) is 0 Å². The number of carbonyl (C=O) groups is 4. The topological polar surface area (TPSA) is 286 Å². The molecular weight excluding hydrogens is 530 g/mol. The number of thiazole rings is 1. The summed E-state index contributed by atoms with van der Waals surface area (Å²) in [6, 6.07) is -3.19. The molecule has 3 amide bonds. The molecular formula is C16H17N7O11S2. The number of ketones is 1. The molecule has 0 saturated carbocycles. The van der Waals surface area contributed by atoms with Crippen LogP contribution < -0.4 is 16.8 Å². The van der Waals surface area contributed by atoms with E-state index >= 15 is 0 Å². The Hall–Kier alpha value is -3.98. The fourth-order valence-corrected chi connectivity index (χ4v) is 4.31. The van der Waals surface area contributed by atoms with Crippen LogP contribution >= 0.6 is 11.3 Å². The summed E-state index contributed by atoms with van der Waals surface area (Å²) in [7, 11) is -5.07. The number of aromatic nitrogens is 1. The minimum absolute atomic E-state index is 0.00442. The number of nitrogens with one attached hydrogen (secondary N) is 1. The largest absolute Gasteiger partial charge is 0.447 e. The lowest BCUT2D eigenvalue weighted by molar-refractivity contribution is -0.146. The number of hydrogen-bond acceptors (Lipinski definition) is 15. The van der Waals surface area contributed by atoms with Crippen molar-refractivity contribution in [2.45, 2.75) is 24.5 Å². The van der Waals surface area contributed by atoms with Crippen LogP contribution in [0.4, 0.5) is 9.93 Å². The third-order valence-electron chi connectivity index (χ3n) is 4.52. The first-order chi connectivity index (χ1) is 16.8. The number of oxime groups is 1. The second kappa shape index (κ2) is 10.3. The molecule has 0 aliphatic carbocycles. The van der Waals surface area contributed by atoms with Crippen molar-refractivity contribution >= 4 is 62.4 Å². The van der Waals surface area contributed by atoms with Gasteiger partial charge in [0.15, 0.2) is 22.7 Å². The molecule has 0 radical (unpaired) electrons. The smallest absolute Gasteiger partial charge is 0.404 e. The van der Waals surface area contributed by atoms with E-state index in [9.17, 15) is 42.4 Å². The quantitative estimate of drug-likeness (QED) is 0.0570. The number of carbonyl (C=O) groups excluding carboxylic acids is 4. The van der Waals surface area contributed by atoms with Gasteiger partial charge in [-0.05, 0) is 0 Å². The van der Waals surface area contributed by atoms with Crippen molar-refractivity contribution in [1.29, 1.82) is 0 Å². The Kier molecular flexibility index (Phi) is 7.64. The number of rotatable bonds is 9. The van der Waals surface area contributed by atoms with Gasteiger partial charge in [-0.2, -0.15) is 8.42 Å². The van der Waals surface area contributed by atoms with Gasteiger partial charge in [0, 0.05) is 17.7 Å². The van der Waals surface area contributed by atoms with Crippen LogP contribution in [0.15, 0.2) is 27.3 Å². The summed E-state index contributed by atoms with van der Waals surface area (Å²) in [4.78, 5) is 59.9. The van der Waals surface area contributed by atoms with E-state index in [1.807, 2.05) is 0 Å². The van der Waals surface area contributed by atoms with E-state index in [-0.39, 0.29) is 20.8 Å². The van der Waals surface area contributed by atoms with Crippen LogP contribution in [0.1, 0.15) is 5.69 Å². The van der Waals surface area contributed by atoms with E-state index in [1.54, 1.807) is 0 Å². The zero-order valence-electron chi connectivity index (χ0n) is 17.6. The number of aliphatic hydroxyl groups excluding tert-OH is 2. The Morgan fingerprint density at radius 3 is 2.61 bits per heavy atom. The lowest BCUT2D eigenvalue weighted by Crippen LogP contribution is -2.73. The summed E-state index contributed by atoms with van der Waals surface area (Å²) >= 11 is 0.889. The van der Waals surface area contributed by atoms with E-state index in [0.717, 1.165) is 23.6 Å². The van der Waals surface area contributed by atoms with Gasteiger partial charge in [-0.3, -0.25) is 23.9 Å². The summed E-state index contributed by atoms with van der Waals surface area (Å²) in [5.41, 5.74) is 9.21. The summed E-state index contributed by atoms with van der Waals surface area (Å²) in [6.07, 6.45) is -3.18. The Balaban J connectivity index is 1.83. The minimum Gasteiger partial charge on any atom is -0.447 e. The highest BCUT2D eigenvalue weighted by atomic mass is 32.2. The number of hydrogen-bond donors (Lipinski definition) is 6. The fraction of sp³-hybridized carbons (Fsp3) is 0.312. The van der Waals surface area contributed by atoms with Crippen LogP contribution in [-0.4, -0.2) is 99.2 Å². The second-order valence-corrected chi connectivity index (χ2v) is 9.10. The maximum Gasteiger partial charge on any atom is 0.404 e. The number of ether oxygens (including phenoxy) is 1. The van der Waals surface area contributed by atoms with Crippen molar-refractivity contribution in [3.05, 3.63) is 22.8 Å². The standard InChI is InChI=1S/C16H17N7O11S2/c17-15-20-6(4-35-15)10(22-34-14(28)5-1-8(24)9(25)2-19-5)12(26)21-11-7(3-33-16(18)29)23(13(11)27)36(30,31)32/h1-2,4,7,9,11,14,25,28H,3H2,(H2,17,20)(H2,18,29)(H,21,26)(H,30,31,32)/b22-10-. The number of nitrogens with two attached hydrogens (primary N) is 2. The van der Waals surface area contributed by atoms with Gasteiger partial charge < -0.3 is 36.6 Å². The predicted octanol–water partition coefficient (Wildman–Crippen LogP) is -3.74. The number of β-lactam (4-membered cyclic amide) rings is 1. The normalized spacial score (nSPS) is 23.0. The van der Waals surface area contributed by atoms with Crippen LogP contribution in [0.2, 0.25) is 0 Å². The Morgan fingerprint density at radius 2 is 2.06 bits per heavy atom. The number of primary amides is 1. The zero-order valence-corrected chi connectivity index (χ0v) is 19.2. The van der Waals surface area contributed by atoms with Gasteiger partial charge in [-0.15, -0.1) is 11.3 Å². The van der Waals surface area contributed by atoms with Crippen molar-refractivity contribution in [1.82, 2.24) is 14.6 Å². The number of aliphatic hydroxyl groups is 2. The first-order valence-corrected chi connectivity index (χ1v) is 11.7. The van der Waals surface area contributed by atoms with Gasteiger partial charge in [-0.1, -0.05) is 5.16 Å². The van der Waals surface area contributed by atoms with E-state index in [2.05, 4.69) is 25.2 Å². The molecule has 4 unspecified atom stereocenters. The molecule has 8 N–H and O–H groups in total. The Morgan fingerprint density at radius 1 is 1.36 bits per heavy atom. The number of amides is 3. The van der Waals surface area contributed by atoms with Gasteiger partial charge in [0.25, 0.3) is 18.1 Å². The lowest BCUT2D eigenvalue weighted by atomic mass is 9.99. The maximum absolute atomic E-state index is 12.9. The van der Waals surface area contributed by atoms with Crippen molar-refractivity contribution in [3.8, 4) is 0 Å². The number of aliphatic imine (C=N–C) groups is 1. The monoisotopic (exact) mass is 547 g/mol. The molecule has 2 aliphatic heterocycles. The molecule has 36 heavy (non-hydrogen) atoms. The summed E-state index contributed by atoms with van der Waals surface area (Å²) in [6.45, 7) is -0.802. The van der Waals surface area contributed by atoms with E-state index in [4.69, 9.17) is 16.3 Å². The van der Waals surface area contributed by atoms with Gasteiger partial charge in [0.1, 0.15) is 30.1 Å². The molecule has 1 aromatic rings. The average Bonchev–Trinajstić information content (AvgIpc) is 3.21. The van der Waals surface area contributed by atoms with Crippen LogP contribution in [0.5, 0.6) is 0 Å². The molecule has 194 valence electrons. The highest BCUT2D eigenvalue weighted by Crippen LogP contribution is 2.24. The highest BCUT2D eigenvalue weighted by Gasteiger charge is 2.55. The molecule has 3 rings (SSSR count). The molecule has 20 heteroatoms. The van der Waals surface area contributed by atoms with Gasteiger partial charge in [0.05, 0.1) is 0 Å². The lowest BCUT2D eigenvalue weighted by Gasteiger charge is -2.43. The Bertz CT molecular complexity index is 1290. The first-order valence-electron chi connectivity index (χ1n) is 9.44. The van der Waals surface area contributed by atoms with E-state index < -0.39 is 70.8 Å². The van der Waals surface area contributed by atoms with Crippen molar-refractivity contribution in [2.75, 3.05) is 12.3 Å². The number of nitrogen functional groups attached to an aromatic ring is 1. The van der Waals surface area contributed by atoms with Crippen molar-refractivity contribution < 1.29 is 51.9 Å². The fourth-order valence-electron chi connectivity index (χ4n) is 2.89. The number of anilines is 1. The van der Waals surface area contributed by atoms with Crippen LogP contribution in [0.25, 0.3) is 0 Å². The first kappa shape index (κ1) is 26.6.